The monoisotopic (exact) mass is 301 g/mol. The van der Waals surface area contributed by atoms with E-state index in [2.05, 4.69) is 45.0 Å². The van der Waals surface area contributed by atoms with Crippen LogP contribution in [-0.4, -0.2) is 29.5 Å². The number of aryl methyl sites for hydroxylation is 1. The highest BCUT2D eigenvalue weighted by Gasteiger charge is 2.36. The first-order chi connectivity index (χ1) is 9.36. The van der Waals surface area contributed by atoms with Crippen molar-refractivity contribution >= 4 is 11.6 Å². The van der Waals surface area contributed by atoms with Crippen molar-refractivity contribution in [2.45, 2.75) is 59.7 Å². The van der Waals surface area contributed by atoms with Gasteiger partial charge in [0, 0.05) is 13.7 Å². The number of ether oxygens (including phenoxy) is 1. The topological polar surface area (TPSA) is 39.1 Å². The predicted molar refractivity (Wildman–Crippen MR) is 84.2 cm³/mol. The largest absolute Gasteiger partial charge is 0.379 e. The van der Waals surface area contributed by atoms with Crippen molar-refractivity contribution in [3.8, 4) is 0 Å². The molecule has 0 aromatic carbocycles. The molecular formula is C15H28ClN3O. The number of aromatic nitrogens is 2. The second-order valence-electron chi connectivity index (χ2n) is 6.15. The lowest BCUT2D eigenvalue weighted by atomic mass is 9.83. The van der Waals surface area contributed by atoms with Crippen molar-refractivity contribution < 1.29 is 4.74 Å². The summed E-state index contributed by atoms with van der Waals surface area (Å²) in [6.07, 6.45) is 2.80. The zero-order valence-electron chi connectivity index (χ0n) is 13.5. The minimum Gasteiger partial charge on any atom is -0.379 e. The molecule has 1 aromatic heterocycles. The van der Waals surface area contributed by atoms with E-state index in [1.54, 1.807) is 13.3 Å². The highest BCUT2D eigenvalue weighted by Crippen LogP contribution is 2.35. The van der Waals surface area contributed by atoms with Gasteiger partial charge in [0.25, 0.3) is 0 Å². The molecule has 1 heterocycles. The normalized spacial score (nSPS) is 15.3. The standard InChI is InChI=1S/C15H28ClN3O/c1-7-9-17-12(14(20-6)15(3,4)5)13-11(16)10-18-19(13)8-2/h10,12,14,17H,7-9H2,1-6H3. The van der Waals surface area contributed by atoms with E-state index >= 15 is 0 Å². The minimum atomic E-state index is 0.00628. The quantitative estimate of drug-likeness (QED) is 0.835. The van der Waals surface area contributed by atoms with Gasteiger partial charge in [0.05, 0.1) is 29.1 Å². The molecule has 0 fully saturated rings. The first-order valence-corrected chi connectivity index (χ1v) is 7.71. The zero-order chi connectivity index (χ0) is 15.3. The van der Waals surface area contributed by atoms with Crippen LogP contribution in [0.5, 0.6) is 0 Å². The molecule has 0 amide bonds. The average Bonchev–Trinajstić information content (AvgIpc) is 2.74. The van der Waals surface area contributed by atoms with Crippen molar-refractivity contribution in [3.63, 3.8) is 0 Å². The lowest BCUT2D eigenvalue weighted by molar-refractivity contribution is -0.0139. The molecule has 2 unspecified atom stereocenters. The molecule has 1 rings (SSSR count). The molecule has 0 bridgehead atoms. The molecule has 2 atom stereocenters. The van der Waals surface area contributed by atoms with Gasteiger partial charge in [-0.2, -0.15) is 5.10 Å². The van der Waals surface area contributed by atoms with Crippen molar-refractivity contribution in [3.05, 3.63) is 16.9 Å². The third-order valence-electron chi connectivity index (χ3n) is 3.45. The first-order valence-electron chi connectivity index (χ1n) is 7.34. The SMILES string of the molecule is CCCNC(c1c(Cl)cnn1CC)C(OC)C(C)(C)C. The van der Waals surface area contributed by atoms with E-state index in [-0.39, 0.29) is 17.6 Å². The van der Waals surface area contributed by atoms with Gasteiger partial charge in [-0.25, -0.2) is 0 Å². The Hall–Kier alpha value is -0.580. The Labute approximate surface area is 127 Å². The van der Waals surface area contributed by atoms with E-state index in [0.717, 1.165) is 25.2 Å². The second kappa shape index (κ2) is 7.43. The molecule has 116 valence electrons. The molecule has 0 aliphatic carbocycles. The number of halogens is 1. The summed E-state index contributed by atoms with van der Waals surface area (Å²) in [6.45, 7) is 12.5. The lowest BCUT2D eigenvalue weighted by Crippen LogP contribution is -2.43. The van der Waals surface area contributed by atoms with Crippen LogP contribution in [-0.2, 0) is 11.3 Å². The molecule has 5 heteroatoms. The van der Waals surface area contributed by atoms with Crippen LogP contribution in [0, 0.1) is 5.41 Å². The molecule has 1 N–H and O–H groups in total. The lowest BCUT2D eigenvalue weighted by Gasteiger charge is -2.37. The van der Waals surface area contributed by atoms with Crippen molar-refractivity contribution in [2.75, 3.05) is 13.7 Å². The van der Waals surface area contributed by atoms with Crippen LogP contribution in [0.1, 0.15) is 52.8 Å². The number of hydrogen-bond acceptors (Lipinski definition) is 3. The average molecular weight is 302 g/mol. The Morgan fingerprint density at radius 1 is 1.40 bits per heavy atom. The fourth-order valence-corrected chi connectivity index (χ4v) is 2.83. The van der Waals surface area contributed by atoms with Crippen LogP contribution in [0.2, 0.25) is 5.02 Å². The van der Waals surface area contributed by atoms with Crippen LogP contribution >= 0.6 is 11.6 Å². The van der Waals surface area contributed by atoms with Gasteiger partial charge in [-0.05, 0) is 25.3 Å². The molecular weight excluding hydrogens is 274 g/mol. The summed E-state index contributed by atoms with van der Waals surface area (Å²) in [6, 6.07) is 0.0369. The Balaban J connectivity index is 3.20. The van der Waals surface area contributed by atoms with E-state index in [1.807, 2.05) is 4.68 Å². The zero-order valence-corrected chi connectivity index (χ0v) is 14.3. The van der Waals surface area contributed by atoms with Gasteiger partial charge in [-0.1, -0.05) is 39.3 Å². The van der Waals surface area contributed by atoms with E-state index < -0.39 is 0 Å². The third-order valence-corrected chi connectivity index (χ3v) is 3.74. The van der Waals surface area contributed by atoms with Gasteiger partial charge in [-0.3, -0.25) is 4.68 Å². The smallest absolute Gasteiger partial charge is 0.0835 e. The molecule has 4 nitrogen and oxygen atoms in total. The minimum absolute atomic E-state index is 0.00628. The maximum atomic E-state index is 6.37. The Morgan fingerprint density at radius 2 is 2.05 bits per heavy atom. The molecule has 0 aliphatic heterocycles. The van der Waals surface area contributed by atoms with Gasteiger partial charge >= 0.3 is 0 Å². The van der Waals surface area contributed by atoms with Crippen LogP contribution in [0.15, 0.2) is 6.20 Å². The van der Waals surface area contributed by atoms with Crippen LogP contribution in [0.3, 0.4) is 0 Å². The maximum Gasteiger partial charge on any atom is 0.0835 e. The summed E-state index contributed by atoms with van der Waals surface area (Å²) in [5.41, 5.74) is 1.02. The van der Waals surface area contributed by atoms with Crippen LogP contribution in [0.4, 0.5) is 0 Å². The summed E-state index contributed by atoms with van der Waals surface area (Å²) >= 11 is 6.37. The summed E-state index contributed by atoms with van der Waals surface area (Å²) in [4.78, 5) is 0. The van der Waals surface area contributed by atoms with Gasteiger partial charge in [0.15, 0.2) is 0 Å². The third kappa shape index (κ3) is 3.96. The number of rotatable bonds is 7. The summed E-state index contributed by atoms with van der Waals surface area (Å²) < 4.78 is 7.74. The molecule has 0 saturated carbocycles. The number of nitrogens with one attached hydrogen (secondary N) is 1. The van der Waals surface area contributed by atoms with Gasteiger partial charge in [0.2, 0.25) is 0 Å². The Morgan fingerprint density at radius 3 is 2.50 bits per heavy atom. The van der Waals surface area contributed by atoms with Gasteiger partial charge in [-0.15, -0.1) is 0 Å². The summed E-state index contributed by atoms with van der Waals surface area (Å²) in [5, 5.41) is 8.63. The van der Waals surface area contributed by atoms with E-state index in [9.17, 15) is 0 Å². The number of methoxy groups -OCH3 is 1. The molecule has 0 saturated heterocycles. The van der Waals surface area contributed by atoms with E-state index in [0.29, 0.717) is 5.02 Å². The fourth-order valence-electron chi connectivity index (χ4n) is 2.57. The van der Waals surface area contributed by atoms with Crippen LogP contribution < -0.4 is 5.32 Å². The van der Waals surface area contributed by atoms with Crippen molar-refractivity contribution in [1.82, 2.24) is 15.1 Å². The fraction of sp³-hybridized carbons (Fsp3) is 0.800. The van der Waals surface area contributed by atoms with E-state index in [1.165, 1.54) is 0 Å². The maximum absolute atomic E-state index is 6.37. The number of hydrogen-bond donors (Lipinski definition) is 1. The molecule has 1 aromatic rings. The van der Waals surface area contributed by atoms with Gasteiger partial charge in [0.1, 0.15) is 0 Å². The van der Waals surface area contributed by atoms with Crippen molar-refractivity contribution in [1.29, 1.82) is 0 Å². The molecule has 20 heavy (non-hydrogen) atoms. The van der Waals surface area contributed by atoms with Gasteiger partial charge < -0.3 is 10.1 Å². The Kier molecular flexibility index (Phi) is 6.49. The summed E-state index contributed by atoms with van der Waals surface area (Å²) in [7, 11) is 1.76. The van der Waals surface area contributed by atoms with Crippen LogP contribution in [0.25, 0.3) is 0 Å². The molecule has 0 radical (unpaired) electrons. The highest BCUT2D eigenvalue weighted by molar-refractivity contribution is 6.31. The van der Waals surface area contributed by atoms with Crippen molar-refractivity contribution in [2.24, 2.45) is 5.41 Å². The highest BCUT2D eigenvalue weighted by atomic mass is 35.5. The van der Waals surface area contributed by atoms with E-state index in [4.69, 9.17) is 16.3 Å². The molecule has 0 spiro atoms. The second-order valence-corrected chi connectivity index (χ2v) is 6.55. The first kappa shape index (κ1) is 17.5. The predicted octanol–water partition coefficient (Wildman–Crippen LogP) is 3.66. The number of nitrogens with zero attached hydrogens (tertiary/aromatic N) is 2. The molecule has 0 aliphatic rings. The Bertz CT molecular complexity index is 412. The summed E-state index contributed by atoms with van der Waals surface area (Å²) in [5.74, 6) is 0.